The Labute approximate surface area is 263 Å². The van der Waals surface area contributed by atoms with Crippen molar-refractivity contribution in [3.05, 3.63) is 36.4 Å². The third kappa shape index (κ3) is 5.81. The number of hydrogen-bond acceptors (Lipinski definition) is 9. The molecule has 0 spiro atoms. The zero-order chi connectivity index (χ0) is 31.5. The minimum atomic E-state index is -1.02. The minimum Gasteiger partial charge on any atom is -0.444 e. The average molecular weight is 622 g/mol. The standard InChI is InChI=1S/C33H44FN7O4/c1-30(2,3)45-29(43)41(20-31-17-32(34,18-31)19-31)24-7-6-12-40(16-24)23-8-9-25(36-13-23)33(21-44-22-33)28(42)38-26-14-35-15-27(37-26)39-10-4-5-11-39/h8-9,13-15,24H,4-7,10-12,16-22H2,1-3H3,(H,37,38,42)/t24-,31?,32?/m1/s1. The minimum absolute atomic E-state index is 0.0487. The van der Waals surface area contributed by atoms with Crippen LogP contribution in [0.15, 0.2) is 30.7 Å². The lowest BCUT2D eigenvalue weighted by atomic mass is 9.42. The molecular weight excluding hydrogens is 577 g/mol. The molecule has 2 aromatic heterocycles. The third-order valence-electron chi connectivity index (χ3n) is 10.1. The first-order valence-electron chi connectivity index (χ1n) is 16.3. The number of anilines is 3. The van der Waals surface area contributed by atoms with E-state index in [-0.39, 0.29) is 36.7 Å². The molecule has 6 fully saturated rings. The lowest BCUT2D eigenvalue weighted by Gasteiger charge is -2.67. The van der Waals surface area contributed by atoms with E-state index in [1.165, 1.54) is 0 Å². The maximum absolute atomic E-state index is 14.4. The monoisotopic (exact) mass is 621 g/mol. The Kier molecular flexibility index (Phi) is 7.41. The Balaban J connectivity index is 1.03. The van der Waals surface area contributed by atoms with Crippen molar-refractivity contribution in [1.29, 1.82) is 0 Å². The summed E-state index contributed by atoms with van der Waals surface area (Å²) in [5.41, 5.74) is -1.07. The van der Waals surface area contributed by atoms with Crippen LogP contribution in [-0.4, -0.2) is 95.1 Å². The molecule has 11 nitrogen and oxygen atoms in total. The number of carbonyl (C=O) groups is 2. The van der Waals surface area contributed by atoms with Gasteiger partial charge in [-0.15, -0.1) is 0 Å². The highest BCUT2D eigenvalue weighted by Crippen LogP contribution is 2.69. The van der Waals surface area contributed by atoms with E-state index in [2.05, 4.69) is 25.1 Å². The van der Waals surface area contributed by atoms with Gasteiger partial charge in [-0.1, -0.05) is 0 Å². The summed E-state index contributed by atoms with van der Waals surface area (Å²) in [5.74, 6) is 0.977. The fourth-order valence-corrected chi connectivity index (χ4v) is 7.80. The maximum atomic E-state index is 14.4. The molecule has 3 aliphatic carbocycles. The molecule has 2 aromatic rings. The van der Waals surface area contributed by atoms with E-state index in [0.29, 0.717) is 43.9 Å². The highest BCUT2D eigenvalue weighted by Gasteiger charge is 2.69. The number of pyridine rings is 1. The first-order valence-corrected chi connectivity index (χ1v) is 16.3. The van der Waals surface area contributed by atoms with Gasteiger partial charge < -0.3 is 29.5 Å². The number of halogens is 1. The van der Waals surface area contributed by atoms with Crippen molar-refractivity contribution >= 4 is 29.3 Å². The van der Waals surface area contributed by atoms with Crippen LogP contribution in [0, 0.1) is 5.41 Å². The predicted molar refractivity (Wildman–Crippen MR) is 167 cm³/mol. The number of hydrogen-bond donors (Lipinski definition) is 1. The molecule has 3 aliphatic heterocycles. The summed E-state index contributed by atoms with van der Waals surface area (Å²) in [5, 5.41) is 2.96. The number of piperidine rings is 1. The van der Waals surface area contributed by atoms with E-state index in [1.807, 2.05) is 44.0 Å². The van der Waals surface area contributed by atoms with Gasteiger partial charge in [0, 0.05) is 32.7 Å². The van der Waals surface area contributed by atoms with Crippen molar-refractivity contribution in [2.75, 3.05) is 61.1 Å². The summed E-state index contributed by atoms with van der Waals surface area (Å²) in [6.45, 7) is 9.99. The SMILES string of the molecule is CC(C)(C)OC(=O)N(CC12CC(F)(C1)C2)[C@@H]1CCCN(c2ccc(C3(C(=O)Nc4cncc(N5CCCC5)n4)COC3)nc2)C1. The second-order valence-corrected chi connectivity index (χ2v) is 14.9. The molecule has 6 aliphatic rings. The molecule has 12 heteroatoms. The smallest absolute Gasteiger partial charge is 0.410 e. The van der Waals surface area contributed by atoms with Crippen LogP contribution in [0.5, 0.6) is 0 Å². The molecule has 3 saturated carbocycles. The predicted octanol–water partition coefficient (Wildman–Crippen LogP) is 4.48. The van der Waals surface area contributed by atoms with Gasteiger partial charge in [-0.2, -0.15) is 0 Å². The molecule has 45 heavy (non-hydrogen) atoms. The first-order chi connectivity index (χ1) is 21.4. The Morgan fingerprint density at radius 1 is 1.07 bits per heavy atom. The van der Waals surface area contributed by atoms with E-state index in [1.54, 1.807) is 12.4 Å². The average Bonchev–Trinajstić information content (AvgIpc) is 3.49. The second-order valence-electron chi connectivity index (χ2n) is 14.9. The summed E-state index contributed by atoms with van der Waals surface area (Å²) in [6, 6.07) is 3.85. The van der Waals surface area contributed by atoms with Crippen molar-refractivity contribution in [2.24, 2.45) is 5.41 Å². The molecule has 0 unspecified atom stereocenters. The Bertz CT molecular complexity index is 1420. The molecule has 8 rings (SSSR count). The van der Waals surface area contributed by atoms with E-state index in [9.17, 15) is 14.0 Å². The molecule has 2 bridgehead atoms. The van der Waals surface area contributed by atoms with Gasteiger partial charge >= 0.3 is 6.09 Å². The number of nitrogens with zero attached hydrogens (tertiary/aromatic N) is 6. The number of ether oxygens (including phenoxy) is 2. The summed E-state index contributed by atoms with van der Waals surface area (Å²) in [7, 11) is 0. The fourth-order valence-electron chi connectivity index (χ4n) is 7.80. The summed E-state index contributed by atoms with van der Waals surface area (Å²) >= 11 is 0. The fraction of sp³-hybridized carbons (Fsp3) is 0.667. The molecule has 1 atom stereocenters. The maximum Gasteiger partial charge on any atom is 0.410 e. The van der Waals surface area contributed by atoms with Crippen LogP contribution >= 0.6 is 0 Å². The number of rotatable bonds is 8. The number of amides is 2. The number of nitrogens with one attached hydrogen (secondary N) is 1. The van der Waals surface area contributed by atoms with Crippen molar-refractivity contribution in [3.8, 4) is 0 Å². The zero-order valence-corrected chi connectivity index (χ0v) is 26.6. The van der Waals surface area contributed by atoms with Crippen molar-refractivity contribution < 1.29 is 23.5 Å². The summed E-state index contributed by atoms with van der Waals surface area (Å²) in [6.07, 6.45) is 10.4. The van der Waals surface area contributed by atoms with Crippen LogP contribution < -0.4 is 15.1 Å². The van der Waals surface area contributed by atoms with Crippen LogP contribution in [0.1, 0.15) is 71.4 Å². The Hall–Kier alpha value is -3.54. The molecular formula is C33H44FN7O4. The van der Waals surface area contributed by atoms with Gasteiger partial charge in [0.25, 0.3) is 0 Å². The molecule has 242 valence electrons. The van der Waals surface area contributed by atoms with E-state index >= 15 is 0 Å². The van der Waals surface area contributed by atoms with Crippen LogP contribution in [-0.2, 0) is 19.7 Å². The van der Waals surface area contributed by atoms with E-state index < -0.39 is 16.7 Å². The summed E-state index contributed by atoms with van der Waals surface area (Å²) < 4.78 is 25.7. The Morgan fingerprint density at radius 3 is 2.42 bits per heavy atom. The molecule has 2 amide bonds. The van der Waals surface area contributed by atoms with Crippen LogP contribution in [0.3, 0.4) is 0 Å². The van der Waals surface area contributed by atoms with Crippen LogP contribution in [0.4, 0.5) is 26.5 Å². The molecule has 0 radical (unpaired) electrons. The number of alkyl halides is 1. The van der Waals surface area contributed by atoms with Gasteiger partial charge in [-0.05, 0) is 83.3 Å². The normalized spacial score (nSPS) is 28.4. The van der Waals surface area contributed by atoms with E-state index in [4.69, 9.17) is 14.5 Å². The van der Waals surface area contributed by atoms with Gasteiger partial charge in [0.15, 0.2) is 5.82 Å². The molecule has 3 saturated heterocycles. The zero-order valence-electron chi connectivity index (χ0n) is 26.6. The molecule has 0 aromatic carbocycles. The van der Waals surface area contributed by atoms with Gasteiger partial charge in [0.2, 0.25) is 5.91 Å². The van der Waals surface area contributed by atoms with Gasteiger partial charge in [-0.25, -0.2) is 14.2 Å². The summed E-state index contributed by atoms with van der Waals surface area (Å²) in [4.78, 5) is 47.0. The van der Waals surface area contributed by atoms with Gasteiger partial charge in [0.1, 0.15) is 22.5 Å². The number of aromatic nitrogens is 3. The van der Waals surface area contributed by atoms with E-state index in [0.717, 1.165) is 56.8 Å². The van der Waals surface area contributed by atoms with Crippen LogP contribution in [0.25, 0.3) is 0 Å². The Morgan fingerprint density at radius 2 is 1.80 bits per heavy atom. The largest absolute Gasteiger partial charge is 0.444 e. The quantitative estimate of drug-likeness (QED) is 0.456. The third-order valence-corrected chi connectivity index (χ3v) is 10.1. The van der Waals surface area contributed by atoms with Crippen molar-refractivity contribution in [1.82, 2.24) is 19.9 Å². The number of carbonyl (C=O) groups excluding carboxylic acids is 2. The van der Waals surface area contributed by atoms with Crippen molar-refractivity contribution in [2.45, 2.75) is 88.4 Å². The topological polar surface area (TPSA) is 113 Å². The second kappa shape index (κ2) is 11.1. The molecule has 1 N–H and O–H groups in total. The highest BCUT2D eigenvalue weighted by atomic mass is 19.1. The van der Waals surface area contributed by atoms with Crippen LogP contribution in [0.2, 0.25) is 0 Å². The highest BCUT2D eigenvalue weighted by molar-refractivity contribution is 5.99. The van der Waals surface area contributed by atoms with Gasteiger partial charge in [0.05, 0.1) is 49.2 Å². The lowest BCUT2D eigenvalue weighted by Crippen LogP contribution is -2.69. The first kappa shape index (κ1) is 30.1. The lowest BCUT2D eigenvalue weighted by molar-refractivity contribution is -0.221. The van der Waals surface area contributed by atoms with Gasteiger partial charge in [-0.3, -0.25) is 14.8 Å². The van der Waals surface area contributed by atoms with Crippen molar-refractivity contribution in [3.63, 3.8) is 0 Å². The molecule has 5 heterocycles.